The first-order chi connectivity index (χ1) is 11.1. The van der Waals surface area contributed by atoms with Crippen LogP contribution in [0.2, 0.25) is 5.02 Å². The summed E-state index contributed by atoms with van der Waals surface area (Å²) >= 11 is 7.45. The summed E-state index contributed by atoms with van der Waals surface area (Å²) in [6.45, 7) is 1.84. The molecule has 0 aliphatic rings. The van der Waals surface area contributed by atoms with Gasteiger partial charge in [0.15, 0.2) is 5.16 Å². The van der Waals surface area contributed by atoms with Crippen LogP contribution in [0.1, 0.15) is 11.3 Å². The molecule has 3 nitrogen and oxygen atoms in total. The standard InChI is InChI=1S/C18H15ClN2OS/c1-13-11-17(22)21(16-5-3-2-4-6-16)18(20-13)23-12-14-7-9-15(19)10-8-14/h2-11H,12H2,1H3. The summed E-state index contributed by atoms with van der Waals surface area (Å²) in [4.78, 5) is 17.0. The summed E-state index contributed by atoms with van der Waals surface area (Å²) < 4.78 is 1.65. The van der Waals surface area contributed by atoms with Crippen LogP contribution < -0.4 is 5.56 Å². The molecule has 0 bridgehead atoms. The maximum atomic E-state index is 12.4. The van der Waals surface area contributed by atoms with Gasteiger partial charge in [-0.3, -0.25) is 9.36 Å². The van der Waals surface area contributed by atoms with Gasteiger partial charge in [-0.25, -0.2) is 4.98 Å². The lowest BCUT2D eigenvalue weighted by atomic mass is 10.2. The molecule has 0 radical (unpaired) electrons. The number of nitrogens with zero attached hydrogens (tertiary/aromatic N) is 2. The lowest BCUT2D eigenvalue weighted by Crippen LogP contribution is -2.21. The molecule has 0 fully saturated rings. The Kier molecular flexibility index (Phi) is 4.84. The molecule has 0 saturated carbocycles. The fourth-order valence-corrected chi connectivity index (χ4v) is 3.36. The van der Waals surface area contributed by atoms with Crippen LogP contribution in [-0.2, 0) is 5.75 Å². The maximum absolute atomic E-state index is 12.4. The number of hydrogen-bond donors (Lipinski definition) is 0. The highest BCUT2D eigenvalue weighted by molar-refractivity contribution is 7.98. The van der Waals surface area contributed by atoms with Gasteiger partial charge in [-0.05, 0) is 36.8 Å². The highest BCUT2D eigenvalue weighted by Crippen LogP contribution is 2.23. The number of hydrogen-bond acceptors (Lipinski definition) is 3. The molecule has 1 aromatic heterocycles. The lowest BCUT2D eigenvalue weighted by Gasteiger charge is -2.12. The fourth-order valence-electron chi connectivity index (χ4n) is 2.21. The van der Waals surface area contributed by atoms with Gasteiger partial charge in [-0.2, -0.15) is 0 Å². The van der Waals surface area contributed by atoms with Crippen molar-refractivity contribution in [3.05, 3.63) is 87.3 Å². The number of halogens is 1. The van der Waals surface area contributed by atoms with Gasteiger partial charge in [0.25, 0.3) is 5.56 Å². The normalized spacial score (nSPS) is 10.7. The predicted octanol–water partition coefficient (Wildman–Crippen LogP) is 4.49. The average molecular weight is 343 g/mol. The molecule has 3 aromatic rings. The van der Waals surface area contributed by atoms with Crippen molar-refractivity contribution in [3.8, 4) is 5.69 Å². The van der Waals surface area contributed by atoms with Crippen molar-refractivity contribution in [1.82, 2.24) is 9.55 Å². The van der Waals surface area contributed by atoms with Crippen LogP contribution in [0.25, 0.3) is 5.69 Å². The van der Waals surface area contributed by atoms with Gasteiger partial charge in [0.2, 0.25) is 0 Å². The molecule has 0 unspecified atom stereocenters. The van der Waals surface area contributed by atoms with Crippen molar-refractivity contribution < 1.29 is 0 Å². The van der Waals surface area contributed by atoms with Crippen molar-refractivity contribution in [2.75, 3.05) is 0 Å². The Morgan fingerprint density at radius 2 is 1.78 bits per heavy atom. The number of para-hydroxylation sites is 1. The first-order valence-electron chi connectivity index (χ1n) is 7.17. The molecule has 0 spiro atoms. The van der Waals surface area contributed by atoms with Crippen molar-refractivity contribution in [2.45, 2.75) is 17.8 Å². The number of benzene rings is 2. The number of rotatable bonds is 4. The van der Waals surface area contributed by atoms with Crippen LogP contribution >= 0.6 is 23.4 Å². The van der Waals surface area contributed by atoms with Crippen LogP contribution in [0, 0.1) is 6.92 Å². The summed E-state index contributed by atoms with van der Waals surface area (Å²) in [5, 5.41) is 1.41. The first-order valence-corrected chi connectivity index (χ1v) is 8.53. The second kappa shape index (κ2) is 7.02. The smallest absolute Gasteiger partial charge is 0.258 e. The molecule has 0 amide bonds. The van der Waals surface area contributed by atoms with E-state index in [0.717, 1.165) is 22.7 Å². The topological polar surface area (TPSA) is 34.9 Å². The van der Waals surface area contributed by atoms with E-state index in [1.54, 1.807) is 10.6 Å². The molecule has 0 saturated heterocycles. The monoisotopic (exact) mass is 342 g/mol. The highest BCUT2D eigenvalue weighted by Gasteiger charge is 2.10. The molecule has 0 N–H and O–H groups in total. The van der Waals surface area contributed by atoms with E-state index < -0.39 is 0 Å². The van der Waals surface area contributed by atoms with E-state index in [0.29, 0.717) is 10.2 Å². The second-order valence-electron chi connectivity index (χ2n) is 5.10. The second-order valence-corrected chi connectivity index (χ2v) is 6.48. The summed E-state index contributed by atoms with van der Waals surface area (Å²) in [7, 11) is 0. The number of thioether (sulfide) groups is 1. The Balaban J connectivity index is 1.95. The Bertz CT molecular complexity index is 860. The third kappa shape index (κ3) is 3.84. The molecule has 116 valence electrons. The molecule has 0 aliphatic heterocycles. The quantitative estimate of drug-likeness (QED) is 0.517. The number of aryl methyl sites for hydroxylation is 1. The third-order valence-corrected chi connectivity index (χ3v) is 4.57. The molecule has 0 atom stereocenters. The van der Waals surface area contributed by atoms with Crippen molar-refractivity contribution in [2.24, 2.45) is 0 Å². The predicted molar refractivity (Wildman–Crippen MR) is 95.6 cm³/mol. The summed E-state index contributed by atoms with van der Waals surface area (Å²) in [6.07, 6.45) is 0. The Morgan fingerprint density at radius 3 is 2.48 bits per heavy atom. The molecule has 3 rings (SSSR count). The van der Waals surface area contributed by atoms with Crippen molar-refractivity contribution >= 4 is 23.4 Å². The molecule has 1 heterocycles. The van der Waals surface area contributed by atoms with E-state index in [-0.39, 0.29) is 5.56 Å². The zero-order valence-corrected chi connectivity index (χ0v) is 14.1. The summed E-state index contributed by atoms with van der Waals surface area (Å²) in [5.74, 6) is 0.722. The van der Waals surface area contributed by atoms with E-state index >= 15 is 0 Å². The van der Waals surface area contributed by atoms with E-state index in [1.165, 1.54) is 11.8 Å². The molecular formula is C18H15ClN2OS. The van der Waals surface area contributed by atoms with Crippen LogP contribution in [0.15, 0.2) is 70.6 Å². The van der Waals surface area contributed by atoms with Gasteiger partial charge < -0.3 is 0 Å². The van der Waals surface area contributed by atoms with Crippen molar-refractivity contribution in [1.29, 1.82) is 0 Å². The molecule has 23 heavy (non-hydrogen) atoms. The lowest BCUT2D eigenvalue weighted by molar-refractivity contribution is 0.780. The maximum Gasteiger partial charge on any atom is 0.258 e. The van der Waals surface area contributed by atoms with Gasteiger partial charge in [0.05, 0.1) is 5.69 Å². The SMILES string of the molecule is Cc1cc(=O)n(-c2ccccc2)c(SCc2ccc(Cl)cc2)n1. The Labute approximate surface area is 144 Å². The fraction of sp³-hybridized carbons (Fsp3) is 0.111. The van der Waals surface area contributed by atoms with Gasteiger partial charge >= 0.3 is 0 Å². The molecule has 0 aliphatic carbocycles. The molecule has 2 aromatic carbocycles. The third-order valence-electron chi connectivity index (χ3n) is 3.31. The minimum absolute atomic E-state index is 0.0673. The largest absolute Gasteiger partial charge is 0.269 e. The van der Waals surface area contributed by atoms with Crippen LogP contribution in [0.4, 0.5) is 0 Å². The summed E-state index contributed by atoms with van der Waals surface area (Å²) in [5.41, 5.74) is 2.61. The van der Waals surface area contributed by atoms with Crippen LogP contribution in [0.5, 0.6) is 0 Å². The Morgan fingerprint density at radius 1 is 1.09 bits per heavy atom. The van der Waals surface area contributed by atoms with Crippen LogP contribution in [0.3, 0.4) is 0 Å². The Hall–Kier alpha value is -2.04. The minimum Gasteiger partial charge on any atom is -0.269 e. The van der Waals surface area contributed by atoms with E-state index in [2.05, 4.69) is 4.98 Å². The molecule has 5 heteroatoms. The van der Waals surface area contributed by atoms with Gasteiger partial charge in [-0.15, -0.1) is 0 Å². The van der Waals surface area contributed by atoms with Crippen LogP contribution in [-0.4, -0.2) is 9.55 Å². The number of aromatic nitrogens is 2. The zero-order valence-electron chi connectivity index (χ0n) is 12.6. The average Bonchev–Trinajstić information content (AvgIpc) is 2.54. The first kappa shape index (κ1) is 15.8. The highest BCUT2D eigenvalue weighted by atomic mass is 35.5. The van der Waals surface area contributed by atoms with E-state index in [1.807, 2.05) is 61.5 Å². The van der Waals surface area contributed by atoms with Gasteiger partial charge in [0.1, 0.15) is 0 Å². The minimum atomic E-state index is -0.0673. The molecular weight excluding hydrogens is 328 g/mol. The van der Waals surface area contributed by atoms with E-state index in [4.69, 9.17) is 11.6 Å². The van der Waals surface area contributed by atoms with E-state index in [9.17, 15) is 4.79 Å². The summed E-state index contributed by atoms with van der Waals surface area (Å²) in [6, 6.07) is 18.8. The zero-order chi connectivity index (χ0) is 16.2. The van der Waals surface area contributed by atoms with Gasteiger partial charge in [-0.1, -0.05) is 53.7 Å². The van der Waals surface area contributed by atoms with Gasteiger partial charge in [0, 0.05) is 22.5 Å². The van der Waals surface area contributed by atoms with Crippen molar-refractivity contribution in [3.63, 3.8) is 0 Å².